The number of benzene rings is 1. The van der Waals surface area contributed by atoms with Crippen LogP contribution in [-0.4, -0.2) is 25.3 Å². The lowest BCUT2D eigenvalue weighted by atomic mass is 10.1. The lowest BCUT2D eigenvalue weighted by Crippen LogP contribution is -2.30. The van der Waals surface area contributed by atoms with Crippen LogP contribution in [-0.2, 0) is 23.5 Å². The summed E-state index contributed by atoms with van der Waals surface area (Å²) in [5, 5.41) is 9.04. The van der Waals surface area contributed by atoms with Gasteiger partial charge in [-0.25, -0.2) is 8.42 Å². The molecule has 0 fully saturated rings. The zero-order valence-electron chi connectivity index (χ0n) is 12.6. The molecule has 0 saturated heterocycles. The molecule has 2 heterocycles. The molecule has 0 bridgehead atoms. The highest BCUT2D eigenvalue weighted by Crippen LogP contribution is 2.34. The van der Waals surface area contributed by atoms with Crippen LogP contribution >= 0.6 is 0 Å². The van der Waals surface area contributed by atoms with E-state index in [0.717, 1.165) is 28.9 Å². The molecule has 0 aliphatic carbocycles. The number of sulfonamides is 1. The number of fused-ring (bicyclic) bond motifs is 1. The van der Waals surface area contributed by atoms with Crippen molar-refractivity contribution in [2.24, 2.45) is 7.05 Å². The molecule has 22 heavy (non-hydrogen) atoms. The summed E-state index contributed by atoms with van der Waals surface area (Å²) in [6.45, 7) is 2.17. The molecule has 2 aromatic rings. The summed E-state index contributed by atoms with van der Waals surface area (Å²) < 4.78 is 27.5. The van der Waals surface area contributed by atoms with Crippen molar-refractivity contribution in [1.82, 2.24) is 4.57 Å². The summed E-state index contributed by atoms with van der Waals surface area (Å²) in [7, 11) is -1.36. The Morgan fingerprint density at radius 3 is 2.68 bits per heavy atom. The quantitative estimate of drug-likeness (QED) is 0.872. The van der Waals surface area contributed by atoms with E-state index in [-0.39, 0.29) is 5.75 Å². The van der Waals surface area contributed by atoms with Crippen molar-refractivity contribution in [3.05, 3.63) is 41.6 Å². The number of anilines is 1. The predicted molar refractivity (Wildman–Crippen MR) is 86.1 cm³/mol. The average Bonchev–Trinajstić information content (AvgIpc) is 3.10. The van der Waals surface area contributed by atoms with Crippen LogP contribution in [0.4, 0.5) is 5.69 Å². The Balaban J connectivity index is 2.04. The minimum absolute atomic E-state index is 0.109. The van der Waals surface area contributed by atoms with Crippen molar-refractivity contribution in [3.8, 4) is 17.3 Å². The van der Waals surface area contributed by atoms with E-state index >= 15 is 0 Å². The third kappa shape index (κ3) is 2.18. The fraction of sp³-hybridized carbons (Fsp3) is 0.312. The molecule has 0 saturated carbocycles. The molecule has 0 spiro atoms. The normalized spacial score (nSPS) is 14.0. The van der Waals surface area contributed by atoms with E-state index in [1.807, 2.05) is 35.9 Å². The van der Waals surface area contributed by atoms with Crippen LogP contribution in [0.2, 0.25) is 0 Å². The van der Waals surface area contributed by atoms with Crippen LogP contribution in [0, 0.1) is 11.3 Å². The van der Waals surface area contributed by atoms with Gasteiger partial charge in [0.2, 0.25) is 10.0 Å². The van der Waals surface area contributed by atoms with Crippen molar-refractivity contribution >= 4 is 15.7 Å². The first-order valence-corrected chi connectivity index (χ1v) is 8.78. The number of hydrogen-bond donors (Lipinski definition) is 0. The van der Waals surface area contributed by atoms with E-state index in [4.69, 9.17) is 5.26 Å². The maximum atomic E-state index is 12.1. The van der Waals surface area contributed by atoms with Crippen LogP contribution in [0.25, 0.3) is 11.3 Å². The maximum absolute atomic E-state index is 12.1. The summed E-state index contributed by atoms with van der Waals surface area (Å²) in [5.74, 6) is 0.109. The third-order valence-corrected chi connectivity index (χ3v) is 5.95. The molecule has 1 aromatic heterocycles. The van der Waals surface area contributed by atoms with Gasteiger partial charge in [0, 0.05) is 19.3 Å². The molecule has 3 rings (SSSR count). The van der Waals surface area contributed by atoms with Gasteiger partial charge in [-0.3, -0.25) is 4.31 Å². The van der Waals surface area contributed by atoms with Gasteiger partial charge in [0.1, 0.15) is 11.8 Å². The zero-order valence-corrected chi connectivity index (χ0v) is 13.4. The zero-order chi connectivity index (χ0) is 15.9. The van der Waals surface area contributed by atoms with Crippen molar-refractivity contribution in [1.29, 1.82) is 5.26 Å². The first-order chi connectivity index (χ1) is 10.5. The largest absolute Gasteiger partial charge is 0.335 e. The maximum Gasteiger partial charge on any atom is 0.234 e. The number of nitrogens with zero attached hydrogens (tertiary/aromatic N) is 3. The Bertz CT molecular complexity index is 875. The molecule has 6 heteroatoms. The fourth-order valence-corrected chi connectivity index (χ4v) is 4.05. The highest BCUT2D eigenvalue weighted by atomic mass is 32.2. The molecular formula is C16H17N3O2S. The molecule has 0 amide bonds. The second-order valence-corrected chi connectivity index (χ2v) is 7.52. The van der Waals surface area contributed by atoms with Crippen molar-refractivity contribution < 1.29 is 8.42 Å². The fourth-order valence-electron chi connectivity index (χ4n) is 2.89. The summed E-state index contributed by atoms with van der Waals surface area (Å²) in [5.41, 5.74) is 4.37. The van der Waals surface area contributed by atoms with E-state index < -0.39 is 10.0 Å². The van der Waals surface area contributed by atoms with Crippen LogP contribution < -0.4 is 4.31 Å². The van der Waals surface area contributed by atoms with Crippen molar-refractivity contribution in [3.63, 3.8) is 0 Å². The smallest absolute Gasteiger partial charge is 0.234 e. The average molecular weight is 315 g/mol. The summed E-state index contributed by atoms with van der Waals surface area (Å²) >= 11 is 0. The van der Waals surface area contributed by atoms with E-state index in [1.165, 1.54) is 4.31 Å². The van der Waals surface area contributed by atoms with Crippen molar-refractivity contribution in [2.75, 3.05) is 16.6 Å². The SMILES string of the molecule is CCS(=O)(=O)N1CCc2cc(-c3ccc(C#N)n3C)ccc21. The molecule has 0 radical (unpaired) electrons. The van der Waals surface area contributed by atoms with Gasteiger partial charge in [0.15, 0.2) is 0 Å². The number of aromatic nitrogens is 1. The van der Waals surface area contributed by atoms with Crippen LogP contribution in [0.1, 0.15) is 18.2 Å². The monoisotopic (exact) mass is 315 g/mol. The third-order valence-electron chi connectivity index (χ3n) is 4.17. The van der Waals surface area contributed by atoms with Gasteiger partial charge >= 0.3 is 0 Å². The van der Waals surface area contributed by atoms with Crippen LogP contribution in [0.3, 0.4) is 0 Å². The van der Waals surface area contributed by atoms with E-state index in [0.29, 0.717) is 12.2 Å². The second-order valence-electron chi connectivity index (χ2n) is 5.34. The Morgan fingerprint density at radius 2 is 2.05 bits per heavy atom. The molecule has 0 unspecified atom stereocenters. The summed E-state index contributed by atoms with van der Waals surface area (Å²) in [6, 6.07) is 11.7. The minimum atomic E-state index is -3.21. The standard InChI is InChI=1S/C16H17N3O2S/c1-3-22(20,21)19-9-8-13-10-12(4-6-16(13)19)15-7-5-14(11-17)18(15)2/h4-7,10H,3,8-9H2,1-2H3. The van der Waals surface area contributed by atoms with Gasteiger partial charge in [0.05, 0.1) is 11.4 Å². The lowest BCUT2D eigenvalue weighted by molar-refractivity contribution is 0.593. The number of rotatable bonds is 3. The molecule has 1 aromatic carbocycles. The molecule has 114 valence electrons. The highest BCUT2D eigenvalue weighted by molar-refractivity contribution is 7.92. The Labute approximate surface area is 130 Å². The highest BCUT2D eigenvalue weighted by Gasteiger charge is 2.28. The van der Waals surface area contributed by atoms with E-state index in [1.54, 1.807) is 13.0 Å². The van der Waals surface area contributed by atoms with Gasteiger partial charge < -0.3 is 4.57 Å². The van der Waals surface area contributed by atoms with Gasteiger partial charge in [-0.15, -0.1) is 0 Å². The van der Waals surface area contributed by atoms with Gasteiger partial charge in [-0.05, 0) is 48.7 Å². The minimum Gasteiger partial charge on any atom is -0.335 e. The van der Waals surface area contributed by atoms with Gasteiger partial charge in [-0.2, -0.15) is 5.26 Å². The molecule has 1 aliphatic rings. The molecule has 0 atom stereocenters. The molecule has 1 aliphatic heterocycles. The Kier molecular flexibility index (Phi) is 3.45. The van der Waals surface area contributed by atoms with Crippen LogP contribution in [0.5, 0.6) is 0 Å². The lowest BCUT2D eigenvalue weighted by Gasteiger charge is -2.18. The molecule has 0 N–H and O–H groups in total. The first-order valence-electron chi connectivity index (χ1n) is 7.17. The first kappa shape index (κ1) is 14.7. The molecule has 5 nitrogen and oxygen atoms in total. The second kappa shape index (κ2) is 5.18. The Morgan fingerprint density at radius 1 is 1.27 bits per heavy atom. The number of nitriles is 1. The summed E-state index contributed by atoms with van der Waals surface area (Å²) in [6.07, 6.45) is 0.720. The van der Waals surface area contributed by atoms with E-state index in [9.17, 15) is 8.42 Å². The predicted octanol–water partition coefficient (Wildman–Crippen LogP) is 2.28. The number of hydrogen-bond acceptors (Lipinski definition) is 3. The topological polar surface area (TPSA) is 66.1 Å². The van der Waals surface area contributed by atoms with Gasteiger partial charge in [0.25, 0.3) is 0 Å². The van der Waals surface area contributed by atoms with Crippen LogP contribution in [0.15, 0.2) is 30.3 Å². The molecular weight excluding hydrogens is 298 g/mol. The Hall–Kier alpha value is -2.26. The van der Waals surface area contributed by atoms with E-state index in [2.05, 4.69) is 6.07 Å². The van der Waals surface area contributed by atoms with Gasteiger partial charge in [-0.1, -0.05) is 6.07 Å². The summed E-state index contributed by atoms with van der Waals surface area (Å²) in [4.78, 5) is 0. The van der Waals surface area contributed by atoms with Crippen molar-refractivity contribution in [2.45, 2.75) is 13.3 Å².